The second-order valence-corrected chi connectivity index (χ2v) is 4.15. The molecule has 0 bridgehead atoms. The fourth-order valence-corrected chi connectivity index (χ4v) is 1.76. The van der Waals surface area contributed by atoms with E-state index in [1.54, 1.807) is 13.0 Å². The van der Waals surface area contributed by atoms with Crippen LogP contribution in [0.25, 0.3) is 0 Å². The van der Waals surface area contributed by atoms with Gasteiger partial charge >= 0.3 is 5.97 Å². The van der Waals surface area contributed by atoms with E-state index in [1.165, 1.54) is 18.2 Å². The van der Waals surface area contributed by atoms with Crippen molar-refractivity contribution in [1.29, 1.82) is 0 Å². The average Bonchev–Trinajstić information content (AvgIpc) is 2.75. The van der Waals surface area contributed by atoms with E-state index in [1.807, 2.05) is 0 Å². The molecule has 1 heterocycles. The first-order chi connectivity index (χ1) is 8.99. The normalized spacial score (nSPS) is 10.2. The van der Waals surface area contributed by atoms with Crippen molar-refractivity contribution in [3.63, 3.8) is 0 Å². The molecule has 7 heteroatoms. The second kappa shape index (κ2) is 5.11. The average molecular weight is 281 g/mol. The largest absolute Gasteiger partial charge is 0.478 e. The maximum absolute atomic E-state index is 11.8. The minimum Gasteiger partial charge on any atom is -0.478 e. The lowest BCUT2D eigenvalue weighted by Gasteiger charge is -2.08. The topological polar surface area (TPSA) is 92.4 Å². The molecule has 1 aromatic heterocycles. The van der Waals surface area contributed by atoms with Crippen LogP contribution in [0.4, 0.5) is 5.69 Å². The first-order valence-electron chi connectivity index (χ1n) is 5.25. The highest BCUT2D eigenvalue weighted by atomic mass is 35.5. The van der Waals surface area contributed by atoms with E-state index in [2.05, 4.69) is 10.5 Å². The molecular weight excluding hydrogens is 272 g/mol. The van der Waals surface area contributed by atoms with Gasteiger partial charge in [-0.3, -0.25) is 4.79 Å². The summed E-state index contributed by atoms with van der Waals surface area (Å²) in [4.78, 5) is 22.9. The van der Waals surface area contributed by atoms with Gasteiger partial charge in [0.25, 0.3) is 5.91 Å². The summed E-state index contributed by atoms with van der Waals surface area (Å²) in [5.41, 5.74) is -0.00259. The van der Waals surface area contributed by atoms with E-state index in [0.29, 0.717) is 5.76 Å². The standard InChI is InChI=1S/C12H9ClN2O4/c1-6-5-9(15-19-6)11(16)14-8-4-2-3-7(13)10(8)12(17)18/h2-5H,1H3,(H,14,16)(H,17,18). The molecule has 98 valence electrons. The number of carboxylic acid groups (broad SMARTS) is 1. The molecule has 1 aromatic carbocycles. The highest BCUT2D eigenvalue weighted by Gasteiger charge is 2.18. The number of carbonyl (C=O) groups excluding carboxylic acids is 1. The minimum absolute atomic E-state index is 0.0432. The van der Waals surface area contributed by atoms with Gasteiger partial charge in [0, 0.05) is 6.07 Å². The Labute approximate surface area is 113 Å². The number of hydrogen-bond acceptors (Lipinski definition) is 4. The van der Waals surface area contributed by atoms with Crippen LogP contribution in [0.2, 0.25) is 5.02 Å². The number of carboxylic acids is 1. The number of aromatic nitrogens is 1. The molecule has 0 atom stereocenters. The van der Waals surface area contributed by atoms with Crippen LogP contribution in [-0.2, 0) is 0 Å². The number of anilines is 1. The summed E-state index contributed by atoms with van der Waals surface area (Å²) in [6.07, 6.45) is 0. The molecule has 0 saturated carbocycles. The quantitative estimate of drug-likeness (QED) is 0.901. The van der Waals surface area contributed by atoms with Crippen molar-refractivity contribution in [2.75, 3.05) is 5.32 Å². The number of hydrogen-bond donors (Lipinski definition) is 2. The lowest BCUT2D eigenvalue weighted by Crippen LogP contribution is -2.15. The summed E-state index contributed by atoms with van der Waals surface area (Å²) < 4.78 is 4.77. The molecular formula is C12H9ClN2O4. The zero-order valence-corrected chi connectivity index (χ0v) is 10.6. The van der Waals surface area contributed by atoms with Gasteiger partial charge in [-0.1, -0.05) is 22.8 Å². The van der Waals surface area contributed by atoms with Crippen LogP contribution in [0.15, 0.2) is 28.8 Å². The summed E-state index contributed by atoms with van der Waals surface area (Å²) in [7, 11) is 0. The molecule has 0 aliphatic heterocycles. The molecule has 0 aliphatic rings. The third-order valence-corrected chi connectivity index (χ3v) is 2.65. The zero-order chi connectivity index (χ0) is 14.0. The summed E-state index contributed by atoms with van der Waals surface area (Å²) in [6, 6.07) is 5.86. The molecule has 0 spiro atoms. The lowest BCUT2D eigenvalue weighted by molar-refractivity contribution is 0.0698. The molecule has 2 aromatic rings. The Morgan fingerprint density at radius 3 is 2.74 bits per heavy atom. The van der Waals surface area contributed by atoms with Crippen molar-refractivity contribution in [2.45, 2.75) is 6.92 Å². The van der Waals surface area contributed by atoms with Crippen LogP contribution < -0.4 is 5.32 Å². The van der Waals surface area contributed by atoms with E-state index in [4.69, 9.17) is 21.2 Å². The maximum Gasteiger partial charge on any atom is 0.339 e. The fourth-order valence-electron chi connectivity index (χ4n) is 1.51. The SMILES string of the molecule is Cc1cc(C(=O)Nc2cccc(Cl)c2C(=O)O)no1. The third kappa shape index (κ3) is 2.74. The molecule has 1 amide bonds. The number of benzene rings is 1. The van der Waals surface area contributed by atoms with E-state index in [0.717, 1.165) is 0 Å². The Hall–Kier alpha value is -2.34. The third-order valence-electron chi connectivity index (χ3n) is 2.34. The van der Waals surface area contributed by atoms with Gasteiger partial charge in [0.2, 0.25) is 0 Å². The highest BCUT2D eigenvalue weighted by molar-refractivity contribution is 6.34. The van der Waals surface area contributed by atoms with E-state index < -0.39 is 11.9 Å². The van der Waals surface area contributed by atoms with Gasteiger partial charge in [0.1, 0.15) is 11.3 Å². The molecule has 2 rings (SSSR count). The fraction of sp³-hybridized carbons (Fsp3) is 0.0833. The summed E-state index contributed by atoms with van der Waals surface area (Å²) >= 11 is 5.79. The summed E-state index contributed by atoms with van der Waals surface area (Å²) in [5, 5.41) is 15.1. The first kappa shape index (κ1) is 13.1. The molecule has 0 unspecified atom stereocenters. The highest BCUT2D eigenvalue weighted by Crippen LogP contribution is 2.24. The predicted molar refractivity (Wildman–Crippen MR) is 67.6 cm³/mol. The zero-order valence-electron chi connectivity index (χ0n) is 9.81. The van der Waals surface area contributed by atoms with Gasteiger partial charge in [-0.25, -0.2) is 4.79 Å². The Bertz CT molecular complexity index is 651. The van der Waals surface area contributed by atoms with Crippen molar-refractivity contribution < 1.29 is 19.2 Å². The van der Waals surface area contributed by atoms with E-state index in [9.17, 15) is 9.59 Å². The van der Waals surface area contributed by atoms with E-state index in [-0.39, 0.29) is 22.0 Å². The number of rotatable bonds is 3. The minimum atomic E-state index is -1.22. The van der Waals surface area contributed by atoms with Gasteiger partial charge < -0.3 is 14.9 Å². The number of nitrogens with one attached hydrogen (secondary N) is 1. The van der Waals surface area contributed by atoms with Crippen molar-refractivity contribution in [1.82, 2.24) is 5.16 Å². The van der Waals surface area contributed by atoms with Gasteiger partial charge in [0.15, 0.2) is 5.69 Å². The van der Waals surface area contributed by atoms with Crippen molar-refractivity contribution >= 4 is 29.2 Å². The Balaban J connectivity index is 2.31. The van der Waals surface area contributed by atoms with Crippen molar-refractivity contribution in [2.24, 2.45) is 0 Å². The summed E-state index contributed by atoms with van der Waals surface area (Å²) in [5.74, 6) is -1.31. The van der Waals surface area contributed by atoms with Gasteiger partial charge in [-0.15, -0.1) is 0 Å². The Kier molecular flexibility index (Phi) is 3.52. The molecule has 0 saturated heterocycles. The van der Waals surface area contributed by atoms with Gasteiger partial charge in [-0.05, 0) is 19.1 Å². The first-order valence-corrected chi connectivity index (χ1v) is 5.63. The number of carbonyl (C=O) groups is 2. The molecule has 6 nitrogen and oxygen atoms in total. The van der Waals surface area contributed by atoms with Crippen LogP contribution in [0.1, 0.15) is 26.6 Å². The maximum atomic E-state index is 11.8. The lowest BCUT2D eigenvalue weighted by atomic mass is 10.1. The Morgan fingerprint density at radius 1 is 1.42 bits per heavy atom. The van der Waals surface area contributed by atoms with Gasteiger partial charge in [0.05, 0.1) is 10.7 Å². The monoisotopic (exact) mass is 280 g/mol. The van der Waals surface area contributed by atoms with Crippen molar-refractivity contribution in [3.05, 3.63) is 46.3 Å². The number of amides is 1. The molecule has 19 heavy (non-hydrogen) atoms. The molecule has 2 N–H and O–H groups in total. The number of aromatic carboxylic acids is 1. The van der Waals surface area contributed by atoms with Crippen LogP contribution in [0, 0.1) is 6.92 Å². The second-order valence-electron chi connectivity index (χ2n) is 3.74. The Morgan fingerprint density at radius 2 is 2.16 bits per heavy atom. The van der Waals surface area contributed by atoms with Crippen LogP contribution in [0.5, 0.6) is 0 Å². The number of halogens is 1. The van der Waals surface area contributed by atoms with Crippen LogP contribution >= 0.6 is 11.6 Å². The smallest absolute Gasteiger partial charge is 0.339 e. The van der Waals surface area contributed by atoms with Crippen molar-refractivity contribution in [3.8, 4) is 0 Å². The number of nitrogens with zero attached hydrogens (tertiary/aromatic N) is 1. The van der Waals surface area contributed by atoms with Crippen LogP contribution in [0.3, 0.4) is 0 Å². The number of aryl methyl sites for hydroxylation is 1. The summed E-state index contributed by atoms with van der Waals surface area (Å²) in [6.45, 7) is 1.64. The molecule has 0 radical (unpaired) electrons. The predicted octanol–water partition coefficient (Wildman–Crippen LogP) is 2.59. The van der Waals surface area contributed by atoms with E-state index >= 15 is 0 Å². The molecule has 0 aliphatic carbocycles. The van der Waals surface area contributed by atoms with Gasteiger partial charge in [-0.2, -0.15) is 0 Å². The van der Waals surface area contributed by atoms with Crippen LogP contribution in [-0.4, -0.2) is 22.1 Å². The molecule has 0 fully saturated rings.